The number of thiol groups is 1. The molecule has 2 aliphatic heterocycles. The summed E-state index contributed by atoms with van der Waals surface area (Å²) in [5.74, 6) is -0.177. The predicted molar refractivity (Wildman–Crippen MR) is 73.1 cm³/mol. The second kappa shape index (κ2) is 4.77. The lowest BCUT2D eigenvalue weighted by Gasteiger charge is -2.24. The molecule has 1 radical (unpaired) electrons. The van der Waals surface area contributed by atoms with Gasteiger partial charge in [-0.05, 0) is 18.2 Å². The van der Waals surface area contributed by atoms with E-state index >= 15 is 0 Å². The third-order valence-electron chi connectivity index (χ3n) is 3.28. The zero-order valence-electron chi connectivity index (χ0n) is 9.84. The summed E-state index contributed by atoms with van der Waals surface area (Å²) in [7, 11) is 0. The molecule has 19 heavy (non-hydrogen) atoms. The minimum absolute atomic E-state index is 0.104. The number of hydrogen-bond donors (Lipinski definition) is 1. The van der Waals surface area contributed by atoms with E-state index in [-0.39, 0.29) is 28.4 Å². The number of carbonyl (C=O) groups excluding carboxylic acids is 2. The molecule has 101 valence electrons. The molecular formula is C12H11ClFN2O2S. The van der Waals surface area contributed by atoms with Gasteiger partial charge < -0.3 is 0 Å². The lowest BCUT2D eigenvalue weighted by molar-refractivity contribution is -0.126. The van der Waals surface area contributed by atoms with E-state index in [4.69, 9.17) is 11.6 Å². The molecule has 0 bridgehead atoms. The molecule has 0 aromatic heterocycles. The van der Waals surface area contributed by atoms with Gasteiger partial charge >= 0.3 is 0 Å². The highest BCUT2D eigenvalue weighted by atomic mass is 35.5. The first-order valence-electron chi connectivity index (χ1n) is 5.80. The molecule has 7 heteroatoms. The summed E-state index contributed by atoms with van der Waals surface area (Å²) in [6, 6.07) is 3.42. The SMILES string of the molecule is O=C1[SH]CCN2CN(c3ccc(Cl)cc3F)C(=O)C12. The van der Waals surface area contributed by atoms with E-state index in [1.165, 1.54) is 23.1 Å². The zero-order valence-corrected chi connectivity index (χ0v) is 11.5. The van der Waals surface area contributed by atoms with Crippen LogP contribution >= 0.6 is 23.4 Å². The van der Waals surface area contributed by atoms with Crippen molar-refractivity contribution >= 4 is 40.1 Å². The van der Waals surface area contributed by atoms with Gasteiger partial charge in [0, 0.05) is 17.3 Å². The van der Waals surface area contributed by atoms with Gasteiger partial charge in [-0.2, -0.15) is 11.8 Å². The number of fused-ring (bicyclic) bond motifs is 1. The Bertz CT molecular complexity index is 569. The van der Waals surface area contributed by atoms with Crippen LogP contribution in [0.3, 0.4) is 0 Å². The number of benzene rings is 1. The average Bonchev–Trinajstić information content (AvgIpc) is 2.68. The summed E-state index contributed by atoms with van der Waals surface area (Å²) in [5.41, 5.74) is 0.174. The lowest BCUT2D eigenvalue weighted by atomic mass is 10.2. The topological polar surface area (TPSA) is 40.6 Å². The van der Waals surface area contributed by atoms with Gasteiger partial charge in [-0.3, -0.25) is 19.4 Å². The van der Waals surface area contributed by atoms with Crippen LogP contribution in [0, 0.1) is 5.82 Å². The highest BCUT2D eigenvalue weighted by Gasteiger charge is 2.45. The van der Waals surface area contributed by atoms with Gasteiger partial charge in [-0.25, -0.2) is 4.39 Å². The lowest BCUT2D eigenvalue weighted by Crippen LogP contribution is -2.43. The van der Waals surface area contributed by atoms with Gasteiger partial charge in [0.2, 0.25) is 5.12 Å². The van der Waals surface area contributed by atoms with E-state index < -0.39 is 11.9 Å². The van der Waals surface area contributed by atoms with Crippen molar-refractivity contribution in [3.05, 3.63) is 29.0 Å². The molecule has 2 heterocycles. The molecule has 1 aromatic rings. The number of amides is 1. The van der Waals surface area contributed by atoms with E-state index in [1.807, 2.05) is 0 Å². The first-order chi connectivity index (χ1) is 9.08. The molecule has 0 saturated carbocycles. The number of anilines is 1. The molecule has 0 aliphatic carbocycles. The van der Waals surface area contributed by atoms with Crippen molar-refractivity contribution in [3.63, 3.8) is 0 Å². The fraction of sp³-hybridized carbons (Fsp3) is 0.333. The number of nitrogens with zero attached hydrogens (tertiary/aromatic N) is 2. The summed E-state index contributed by atoms with van der Waals surface area (Å²) >= 11 is 6.36. The summed E-state index contributed by atoms with van der Waals surface area (Å²) < 4.78 is 13.9. The van der Waals surface area contributed by atoms with Crippen LogP contribution in [0.15, 0.2) is 18.2 Å². The van der Waals surface area contributed by atoms with Crippen LogP contribution in [0.2, 0.25) is 5.02 Å². The minimum atomic E-state index is -0.745. The average molecular weight is 302 g/mol. The van der Waals surface area contributed by atoms with E-state index in [0.717, 1.165) is 5.75 Å². The highest BCUT2D eigenvalue weighted by molar-refractivity contribution is 8.13. The van der Waals surface area contributed by atoms with Crippen molar-refractivity contribution in [2.75, 3.05) is 23.9 Å². The van der Waals surface area contributed by atoms with E-state index in [2.05, 4.69) is 0 Å². The molecule has 1 unspecified atom stereocenters. The summed E-state index contributed by atoms with van der Waals surface area (Å²) in [6.45, 7) is 0.929. The molecule has 1 atom stereocenters. The Labute approximate surface area is 118 Å². The van der Waals surface area contributed by atoms with E-state index in [1.54, 1.807) is 4.90 Å². The second-order valence-corrected chi connectivity index (χ2v) is 6.08. The minimum Gasteiger partial charge on any atom is -0.294 e. The Morgan fingerprint density at radius 2 is 2.16 bits per heavy atom. The molecule has 0 N–H and O–H groups in total. The fourth-order valence-electron chi connectivity index (χ4n) is 2.37. The van der Waals surface area contributed by atoms with Crippen molar-refractivity contribution in [1.29, 1.82) is 0 Å². The molecule has 1 amide bonds. The molecule has 0 spiro atoms. The molecule has 1 aromatic carbocycles. The standard InChI is InChI=1S/C12H11ClFN2O2S/c13-7-1-2-9(8(14)5-7)16-6-15-3-4-19-12(18)10(15)11(16)17/h1-2,5,10,19H,3-4,6H2. The van der Waals surface area contributed by atoms with E-state index in [9.17, 15) is 14.0 Å². The number of carbonyl (C=O) groups is 2. The Kier molecular flexibility index (Phi) is 3.24. The number of hydrogen-bond acceptors (Lipinski definition) is 3. The highest BCUT2D eigenvalue weighted by Crippen LogP contribution is 2.31. The van der Waals surface area contributed by atoms with E-state index in [0.29, 0.717) is 18.3 Å². The quantitative estimate of drug-likeness (QED) is 0.631. The van der Waals surface area contributed by atoms with Crippen LogP contribution in [-0.4, -0.2) is 40.9 Å². The Hall–Kier alpha value is -1.11. The first-order valence-corrected chi connectivity index (χ1v) is 7.25. The van der Waals surface area contributed by atoms with Crippen LogP contribution in [-0.2, 0) is 9.59 Å². The van der Waals surface area contributed by atoms with Crippen LogP contribution < -0.4 is 4.90 Å². The molecule has 2 aliphatic rings. The van der Waals surface area contributed by atoms with Crippen molar-refractivity contribution < 1.29 is 14.0 Å². The summed E-state index contributed by atoms with van der Waals surface area (Å²) in [6.07, 6.45) is 0. The molecular weight excluding hydrogens is 291 g/mol. The maximum atomic E-state index is 13.9. The van der Waals surface area contributed by atoms with Gasteiger partial charge in [0.05, 0.1) is 12.4 Å². The predicted octanol–water partition coefficient (Wildman–Crippen LogP) is 1.46. The van der Waals surface area contributed by atoms with Gasteiger partial charge in [-0.15, -0.1) is 0 Å². The summed E-state index contributed by atoms with van der Waals surface area (Å²) in [5, 5.41) is 0.174. The zero-order chi connectivity index (χ0) is 13.6. The van der Waals surface area contributed by atoms with Crippen LogP contribution in [0.4, 0.5) is 10.1 Å². The Morgan fingerprint density at radius 3 is 2.84 bits per heavy atom. The smallest absolute Gasteiger partial charge is 0.254 e. The molecule has 3 rings (SSSR count). The Morgan fingerprint density at radius 1 is 1.37 bits per heavy atom. The van der Waals surface area contributed by atoms with Crippen molar-refractivity contribution in [1.82, 2.24) is 4.90 Å². The van der Waals surface area contributed by atoms with Gasteiger partial charge in [0.25, 0.3) is 5.91 Å². The maximum Gasteiger partial charge on any atom is 0.254 e. The van der Waals surface area contributed by atoms with Gasteiger partial charge in [0.15, 0.2) is 6.04 Å². The van der Waals surface area contributed by atoms with Crippen LogP contribution in [0.1, 0.15) is 0 Å². The Balaban J connectivity index is 1.94. The fourth-order valence-corrected chi connectivity index (χ4v) is 3.55. The molecule has 2 saturated heterocycles. The normalized spacial score (nSPS) is 23.9. The molecule has 4 nitrogen and oxygen atoms in total. The number of rotatable bonds is 1. The third kappa shape index (κ3) is 2.13. The first kappa shape index (κ1) is 12.9. The summed E-state index contributed by atoms with van der Waals surface area (Å²) in [4.78, 5) is 27.1. The third-order valence-corrected chi connectivity index (χ3v) is 4.49. The largest absolute Gasteiger partial charge is 0.294 e. The second-order valence-electron chi connectivity index (χ2n) is 4.44. The maximum absolute atomic E-state index is 13.9. The van der Waals surface area contributed by atoms with Gasteiger partial charge in [0.1, 0.15) is 5.82 Å². The van der Waals surface area contributed by atoms with Crippen LogP contribution in [0.25, 0.3) is 0 Å². The van der Waals surface area contributed by atoms with Gasteiger partial charge in [-0.1, -0.05) is 11.6 Å². The monoisotopic (exact) mass is 301 g/mol. The number of halogens is 2. The van der Waals surface area contributed by atoms with Crippen molar-refractivity contribution in [3.8, 4) is 0 Å². The van der Waals surface area contributed by atoms with Crippen molar-refractivity contribution in [2.24, 2.45) is 0 Å². The van der Waals surface area contributed by atoms with Crippen molar-refractivity contribution in [2.45, 2.75) is 6.04 Å². The molecule has 2 fully saturated rings. The van der Waals surface area contributed by atoms with Crippen LogP contribution in [0.5, 0.6) is 0 Å².